The number of hydrogen-bond acceptors (Lipinski definition) is 4. The molecule has 0 aliphatic heterocycles. The summed E-state index contributed by atoms with van der Waals surface area (Å²) in [6.45, 7) is 0. The maximum atomic E-state index is 12.3. The molecule has 0 unspecified atom stereocenters. The van der Waals surface area contributed by atoms with E-state index in [1.807, 2.05) is 12.1 Å². The Balaban J connectivity index is 1.99. The summed E-state index contributed by atoms with van der Waals surface area (Å²) in [6.07, 6.45) is -4.74. The highest BCUT2D eigenvalue weighted by molar-refractivity contribution is 6.17. The first-order chi connectivity index (χ1) is 12.4. The molecule has 9 heteroatoms. The van der Waals surface area contributed by atoms with Crippen LogP contribution in [0.2, 0.25) is 0 Å². The van der Waals surface area contributed by atoms with E-state index in [0.29, 0.717) is 22.8 Å². The molecular weight excluding hydrogens is 371 g/mol. The molecule has 1 heterocycles. The zero-order valence-corrected chi connectivity index (χ0v) is 14.3. The van der Waals surface area contributed by atoms with E-state index in [-0.39, 0.29) is 11.6 Å². The van der Waals surface area contributed by atoms with Gasteiger partial charge in [-0.1, -0.05) is 5.21 Å². The third-order valence-electron chi connectivity index (χ3n) is 3.54. The van der Waals surface area contributed by atoms with Gasteiger partial charge in [0.05, 0.1) is 24.4 Å². The average molecular weight is 384 g/mol. The lowest BCUT2D eigenvalue weighted by Gasteiger charge is -2.11. The zero-order chi connectivity index (χ0) is 18.7. The van der Waals surface area contributed by atoms with Gasteiger partial charge in [-0.2, -0.15) is 0 Å². The lowest BCUT2D eigenvalue weighted by Crippen LogP contribution is -2.17. The molecule has 2 aromatic carbocycles. The minimum Gasteiger partial charge on any atom is -0.497 e. The standard InChI is InChI=1S/C17H13ClF3N3O2/c1-25-13-6-2-11(3-7-13)16-15(10-18)22-23-24(16)12-4-8-14(9-5-12)26-17(19,20)21/h2-9H,10H2,1H3. The average Bonchev–Trinajstić information content (AvgIpc) is 3.05. The van der Waals surface area contributed by atoms with Crippen molar-refractivity contribution in [3.8, 4) is 28.4 Å². The van der Waals surface area contributed by atoms with Crippen molar-refractivity contribution in [1.82, 2.24) is 15.0 Å². The van der Waals surface area contributed by atoms with Crippen LogP contribution in [0.15, 0.2) is 48.5 Å². The van der Waals surface area contributed by atoms with E-state index in [1.165, 1.54) is 28.9 Å². The molecule has 26 heavy (non-hydrogen) atoms. The van der Waals surface area contributed by atoms with Crippen LogP contribution in [0.3, 0.4) is 0 Å². The Morgan fingerprint density at radius 2 is 1.62 bits per heavy atom. The van der Waals surface area contributed by atoms with Gasteiger partial charge in [0.25, 0.3) is 0 Å². The lowest BCUT2D eigenvalue weighted by atomic mass is 10.1. The van der Waals surface area contributed by atoms with Crippen molar-refractivity contribution in [2.45, 2.75) is 12.2 Å². The Hall–Kier alpha value is -2.74. The molecule has 0 bridgehead atoms. The molecule has 136 valence electrons. The Bertz CT molecular complexity index is 878. The second-order valence-electron chi connectivity index (χ2n) is 5.20. The molecule has 3 rings (SSSR count). The lowest BCUT2D eigenvalue weighted by molar-refractivity contribution is -0.274. The van der Waals surface area contributed by atoms with Gasteiger partial charge < -0.3 is 9.47 Å². The summed E-state index contributed by atoms with van der Waals surface area (Å²) < 4.78 is 47.4. The summed E-state index contributed by atoms with van der Waals surface area (Å²) in [5.74, 6) is 0.509. The van der Waals surface area contributed by atoms with Gasteiger partial charge >= 0.3 is 6.36 Å². The van der Waals surface area contributed by atoms with E-state index >= 15 is 0 Å². The summed E-state index contributed by atoms with van der Waals surface area (Å²) in [6, 6.07) is 12.6. The number of nitrogens with zero attached hydrogens (tertiary/aromatic N) is 3. The third-order valence-corrected chi connectivity index (χ3v) is 3.80. The molecule has 1 aromatic heterocycles. The summed E-state index contributed by atoms with van der Waals surface area (Å²) in [4.78, 5) is 0. The Morgan fingerprint density at radius 3 is 2.15 bits per heavy atom. The number of methoxy groups -OCH3 is 1. The van der Waals surface area contributed by atoms with E-state index in [1.54, 1.807) is 19.2 Å². The molecule has 0 spiro atoms. The maximum Gasteiger partial charge on any atom is 0.573 e. The van der Waals surface area contributed by atoms with Crippen LogP contribution in [0.25, 0.3) is 16.9 Å². The van der Waals surface area contributed by atoms with Gasteiger partial charge in [-0.3, -0.25) is 0 Å². The van der Waals surface area contributed by atoms with E-state index in [0.717, 1.165) is 5.56 Å². The first kappa shape index (κ1) is 18.1. The monoisotopic (exact) mass is 383 g/mol. The molecule has 5 nitrogen and oxygen atoms in total. The van der Waals surface area contributed by atoms with Crippen molar-refractivity contribution in [2.24, 2.45) is 0 Å². The Labute approximate surface area is 151 Å². The topological polar surface area (TPSA) is 49.2 Å². The predicted molar refractivity (Wildman–Crippen MR) is 89.6 cm³/mol. The van der Waals surface area contributed by atoms with Gasteiger partial charge in [-0.15, -0.1) is 29.9 Å². The Morgan fingerprint density at radius 1 is 1.00 bits per heavy atom. The van der Waals surface area contributed by atoms with Crippen molar-refractivity contribution >= 4 is 11.6 Å². The Kier molecular flexibility index (Phi) is 5.03. The molecule has 0 saturated heterocycles. The maximum absolute atomic E-state index is 12.3. The fourth-order valence-corrected chi connectivity index (χ4v) is 2.59. The van der Waals surface area contributed by atoms with Gasteiger partial charge in [0, 0.05) is 5.56 Å². The van der Waals surface area contributed by atoms with Crippen molar-refractivity contribution in [1.29, 1.82) is 0 Å². The molecule has 0 aliphatic rings. The molecule has 0 atom stereocenters. The van der Waals surface area contributed by atoms with Crippen molar-refractivity contribution < 1.29 is 22.6 Å². The minimum absolute atomic E-state index is 0.136. The molecule has 0 N–H and O–H groups in total. The summed E-state index contributed by atoms with van der Waals surface area (Å²) >= 11 is 5.95. The van der Waals surface area contributed by atoms with Crippen LogP contribution in [0.4, 0.5) is 13.2 Å². The molecular formula is C17H13ClF3N3O2. The van der Waals surface area contributed by atoms with Crippen LogP contribution in [0.1, 0.15) is 5.69 Å². The van der Waals surface area contributed by atoms with E-state index in [4.69, 9.17) is 16.3 Å². The van der Waals surface area contributed by atoms with E-state index in [2.05, 4.69) is 15.0 Å². The van der Waals surface area contributed by atoms with Crippen LogP contribution < -0.4 is 9.47 Å². The van der Waals surface area contributed by atoms with Gasteiger partial charge in [0.15, 0.2) is 0 Å². The molecule has 0 radical (unpaired) electrons. The van der Waals surface area contributed by atoms with Gasteiger partial charge in [0.1, 0.15) is 17.2 Å². The number of alkyl halides is 4. The predicted octanol–water partition coefficient (Wildman–Crippen LogP) is 4.58. The van der Waals surface area contributed by atoms with Crippen LogP contribution in [0, 0.1) is 0 Å². The van der Waals surface area contributed by atoms with E-state index < -0.39 is 6.36 Å². The quantitative estimate of drug-likeness (QED) is 0.605. The number of hydrogen-bond donors (Lipinski definition) is 0. The summed E-state index contributed by atoms with van der Waals surface area (Å²) in [5.41, 5.74) is 2.51. The van der Waals surface area contributed by atoms with Gasteiger partial charge in [0.2, 0.25) is 0 Å². The molecule has 0 aliphatic carbocycles. The minimum atomic E-state index is -4.74. The smallest absolute Gasteiger partial charge is 0.497 e. The first-order valence-electron chi connectivity index (χ1n) is 7.42. The first-order valence-corrected chi connectivity index (χ1v) is 7.96. The van der Waals surface area contributed by atoms with Crippen molar-refractivity contribution in [2.75, 3.05) is 7.11 Å². The van der Waals surface area contributed by atoms with Crippen LogP contribution in [-0.2, 0) is 5.88 Å². The van der Waals surface area contributed by atoms with E-state index in [9.17, 15) is 13.2 Å². The van der Waals surface area contributed by atoms with Crippen molar-refractivity contribution in [3.05, 3.63) is 54.2 Å². The normalized spacial score (nSPS) is 11.4. The second kappa shape index (κ2) is 7.25. The number of benzene rings is 2. The fourth-order valence-electron chi connectivity index (χ4n) is 2.41. The molecule has 0 saturated carbocycles. The summed E-state index contributed by atoms with van der Waals surface area (Å²) in [7, 11) is 1.57. The molecule has 3 aromatic rings. The third kappa shape index (κ3) is 3.91. The second-order valence-corrected chi connectivity index (χ2v) is 5.47. The number of halogens is 4. The van der Waals surface area contributed by atoms with Crippen LogP contribution >= 0.6 is 11.6 Å². The highest BCUT2D eigenvalue weighted by Crippen LogP contribution is 2.29. The number of aromatic nitrogens is 3. The highest BCUT2D eigenvalue weighted by atomic mass is 35.5. The number of ether oxygens (including phenoxy) is 2. The summed E-state index contributed by atoms with van der Waals surface area (Å²) in [5, 5.41) is 8.12. The van der Waals surface area contributed by atoms with Crippen LogP contribution in [-0.4, -0.2) is 28.5 Å². The van der Waals surface area contributed by atoms with Gasteiger partial charge in [-0.25, -0.2) is 4.68 Å². The molecule has 0 amide bonds. The largest absolute Gasteiger partial charge is 0.573 e. The van der Waals surface area contributed by atoms with Crippen LogP contribution in [0.5, 0.6) is 11.5 Å². The van der Waals surface area contributed by atoms with Gasteiger partial charge in [-0.05, 0) is 48.5 Å². The van der Waals surface area contributed by atoms with Crippen molar-refractivity contribution in [3.63, 3.8) is 0 Å². The number of rotatable bonds is 5. The SMILES string of the molecule is COc1ccc(-c2c(CCl)nnn2-c2ccc(OC(F)(F)F)cc2)cc1. The fraction of sp³-hybridized carbons (Fsp3) is 0.176. The molecule has 0 fully saturated rings. The highest BCUT2D eigenvalue weighted by Gasteiger charge is 2.31. The zero-order valence-electron chi connectivity index (χ0n) is 13.5.